The normalized spacial score (nSPS) is 19.5. The molecule has 0 spiro atoms. The lowest BCUT2D eigenvalue weighted by Gasteiger charge is -2.20. The summed E-state index contributed by atoms with van der Waals surface area (Å²) < 4.78 is 1.82. The number of hydrogen-bond donors (Lipinski definition) is 0. The van der Waals surface area contributed by atoms with Crippen molar-refractivity contribution < 1.29 is 0 Å². The smallest absolute Gasteiger partial charge is 0.107 e. The molecule has 0 bridgehead atoms. The third-order valence-electron chi connectivity index (χ3n) is 4.33. The summed E-state index contributed by atoms with van der Waals surface area (Å²) in [4.78, 5) is 11.7. The van der Waals surface area contributed by atoms with E-state index in [-0.39, 0.29) is 0 Å². The molecule has 3 rings (SSSR count). The summed E-state index contributed by atoms with van der Waals surface area (Å²) in [6.45, 7) is 6.93. The van der Waals surface area contributed by atoms with Gasteiger partial charge in [-0.2, -0.15) is 5.10 Å². The van der Waals surface area contributed by atoms with Crippen molar-refractivity contribution in [3.8, 4) is 11.4 Å². The van der Waals surface area contributed by atoms with Gasteiger partial charge < -0.3 is 4.90 Å². The van der Waals surface area contributed by atoms with Gasteiger partial charge in [-0.1, -0.05) is 0 Å². The van der Waals surface area contributed by atoms with E-state index in [1.54, 1.807) is 6.20 Å². The van der Waals surface area contributed by atoms with Crippen molar-refractivity contribution in [2.75, 3.05) is 13.1 Å². The SMILES string of the molecule is CC(C)N1CCC(Cc2cnc(-c3ccnn3C)cn2)C1. The van der Waals surface area contributed by atoms with Crippen LogP contribution in [-0.2, 0) is 13.5 Å². The van der Waals surface area contributed by atoms with Crippen LogP contribution in [0.25, 0.3) is 11.4 Å². The zero-order valence-corrected chi connectivity index (χ0v) is 13.0. The van der Waals surface area contributed by atoms with E-state index in [2.05, 4.69) is 33.8 Å². The molecule has 0 aromatic carbocycles. The van der Waals surface area contributed by atoms with Crippen LogP contribution in [0.5, 0.6) is 0 Å². The molecule has 2 aromatic heterocycles. The van der Waals surface area contributed by atoms with Crippen molar-refractivity contribution in [3.05, 3.63) is 30.4 Å². The summed E-state index contributed by atoms with van der Waals surface area (Å²) in [6.07, 6.45) is 7.86. The third-order valence-corrected chi connectivity index (χ3v) is 4.33. The van der Waals surface area contributed by atoms with Gasteiger partial charge in [0.05, 0.1) is 17.6 Å². The van der Waals surface area contributed by atoms with Gasteiger partial charge in [-0.3, -0.25) is 14.6 Å². The van der Waals surface area contributed by atoms with Crippen LogP contribution in [0.4, 0.5) is 0 Å². The van der Waals surface area contributed by atoms with Crippen molar-refractivity contribution in [2.45, 2.75) is 32.7 Å². The van der Waals surface area contributed by atoms with Gasteiger partial charge in [0.1, 0.15) is 5.69 Å². The van der Waals surface area contributed by atoms with Crippen LogP contribution >= 0.6 is 0 Å². The fourth-order valence-corrected chi connectivity index (χ4v) is 3.01. The summed E-state index contributed by atoms with van der Waals surface area (Å²) in [5, 5.41) is 4.17. The highest BCUT2D eigenvalue weighted by molar-refractivity contribution is 5.52. The average Bonchev–Trinajstić information content (AvgIpc) is 3.09. The van der Waals surface area contributed by atoms with Crippen molar-refractivity contribution in [3.63, 3.8) is 0 Å². The largest absolute Gasteiger partial charge is 0.301 e. The number of rotatable bonds is 4. The molecule has 1 saturated heterocycles. The van der Waals surface area contributed by atoms with E-state index in [0.717, 1.165) is 23.5 Å². The minimum atomic E-state index is 0.647. The van der Waals surface area contributed by atoms with E-state index in [0.29, 0.717) is 12.0 Å². The first kappa shape index (κ1) is 14.2. The van der Waals surface area contributed by atoms with Crippen LogP contribution in [0.2, 0.25) is 0 Å². The van der Waals surface area contributed by atoms with Crippen LogP contribution in [-0.4, -0.2) is 43.8 Å². The van der Waals surface area contributed by atoms with E-state index in [4.69, 9.17) is 0 Å². The van der Waals surface area contributed by atoms with Gasteiger partial charge in [0, 0.05) is 32.0 Å². The highest BCUT2D eigenvalue weighted by Crippen LogP contribution is 2.22. The lowest BCUT2D eigenvalue weighted by molar-refractivity contribution is 0.264. The van der Waals surface area contributed by atoms with E-state index in [9.17, 15) is 0 Å². The van der Waals surface area contributed by atoms with E-state index >= 15 is 0 Å². The molecule has 1 fully saturated rings. The van der Waals surface area contributed by atoms with Gasteiger partial charge in [0.2, 0.25) is 0 Å². The predicted molar refractivity (Wildman–Crippen MR) is 82.8 cm³/mol. The molecule has 0 amide bonds. The Morgan fingerprint density at radius 2 is 2.14 bits per heavy atom. The van der Waals surface area contributed by atoms with Crippen LogP contribution < -0.4 is 0 Å². The van der Waals surface area contributed by atoms with Gasteiger partial charge in [-0.05, 0) is 45.2 Å². The monoisotopic (exact) mass is 285 g/mol. The first-order valence-corrected chi connectivity index (χ1v) is 7.67. The zero-order valence-electron chi connectivity index (χ0n) is 13.0. The second kappa shape index (κ2) is 5.93. The molecule has 2 aromatic rings. The number of hydrogen-bond acceptors (Lipinski definition) is 4. The Morgan fingerprint density at radius 3 is 2.71 bits per heavy atom. The molecule has 1 atom stereocenters. The molecule has 0 N–H and O–H groups in total. The third kappa shape index (κ3) is 3.13. The highest BCUT2D eigenvalue weighted by atomic mass is 15.3. The maximum Gasteiger partial charge on any atom is 0.107 e. The highest BCUT2D eigenvalue weighted by Gasteiger charge is 2.24. The Hall–Kier alpha value is -1.75. The minimum absolute atomic E-state index is 0.647. The maximum absolute atomic E-state index is 4.59. The molecule has 21 heavy (non-hydrogen) atoms. The molecule has 112 valence electrons. The van der Waals surface area contributed by atoms with Crippen LogP contribution in [0.3, 0.4) is 0 Å². The standard InChI is InChI=1S/C16H23N5/c1-12(2)21-7-5-13(11-21)8-14-9-18-15(10-17-14)16-4-6-19-20(16)3/h4,6,9-10,12-13H,5,7-8,11H2,1-3H3. The topological polar surface area (TPSA) is 46.8 Å². The first-order valence-electron chi connectivity index (χ1n) is 7.67. The molecule has 3 heterocycles. The second-order valence-electron chi connectivity index (χ2n) is 6.18. The Balaban J connectivity index is 1.64. The maximum atomic E-state index is 4.59. The van der Waals surface area contributed by atoms with Gasteiger partial charge in [0.15, 0.2) is 0 Å². The van der Waals surface area contributed by atoms with Crippen LogP contribution in [0.15, 0.2) is 24.7 Å². The summed E-state index contributed by atoms with van der Waals surface area (Å²) in [7, 11) is 1.92. The Bertz CT molecular complexity index is 587. The Kier molecular flexibility index (Phi) is 4.01. The molecule has 5 heteroatoms. The fraction of sp³-hybridized carbons (Fsp3) is 0.562. The molecular formula is C16H23N5. The van der Waals surface area contributed by atoms with E-state index in [1.165, 1.54) is 19.5 Å². The van der Waals surface area contributed by atoms with Gasteiger partial charge in [-0.25, -0.2) is 0 Å². The molecule has 0 aliphatic carbocycles. The lowest BCUT2D eigenvalue weighted by atomic mass is 10.0. The molecule has 1 aliphatic rings. The van der Waals surface area contributed by atoms with Gasteiger partial charge in [-0.15, -0.1) is 0 Å². The summed E-state index contributed by atoms with van der Waals surface area (Å²) in [5.74, 6) is 0.712. The second-order valence-corrected chi connectivity index (χ2v) is 6.18. The van der Waals surface area contributed by atoms with Crippen molar-refractivity contribution in [1.29, 1.82) is 0 Å². The van der Waals surface area contributed by atoms with Crippen molar-refractivity contribution in [1.82, 2.24) is 24.6 Å². The van der Waals surface area contributed by atoms with Gasteiger partial charge in [0.25, 0.3) is 0 Å². The minimum Gasteiger partial charge on any atom is -0.301 e. The zero-order chi connectivity index (χ0) is 14.8. The number of nitrogens with zero attached hydrogens (tertiary/aromatic N) is 5. The van der Waals surface area contributed by atoms with Crippen molar-refractivity contribution in [2.24, 2.45) is 13.0 Å². The van der Waals surface area contributed by atoms with Crippen molar-refractivity contribution >= 4 is 0 Å². The molecule has 1 unspecified atom stereocenters. The fourth-order valence-electron chi connectivity index (χ4n) is 3.01. The average molecular weight is 285 g/mol. The Morgan fingerprint density at radius 1 is 1.29 bits per heavy atom. The summed E-state index contributed by atoms with van der Waals surface area (Å²) in [6, 6.07) is 2.61. The molecule has 0 saturated carbocycles. The quantitative estimate of drug-likeness (QED) is 0.863. The van der Waals surface area contributed by atoms with E-state index in [1.807, 2.05) is 30.2 Å². The van der Waals surface area contributed by atoms with Crippen LogP contribution in [0, 0.1) is 5.92 Å². The van der Waals surface area contributed by atoms with Gasteiger partial charge >= 0.3 is 0 Å². The predicted octanol–water partition coefficient (Wildman–Crippen LogP) is 2.15. The Labute approximate surface area is 126 Å². The number of aryl methyl sites for hydroxylation is 1. The summed E-state index contributed by atoms with van der Waals surface area (Å²) >= 11 is 0. The molecule has 5 nitrogen and oxygen atoms in total. The van der Waals surface area contributed by atoms with E-state index < -0.39 is 0 Å². The van der Waals surface area contributed by atoms with Crippen LogP contribution in [0.1, 0.15) is 26.0 Å². The first-order chi connectivity index (χ1) is 10.1. The molecule has 0 radical (unpaired) electrons. The molecular weight excluding hydrogens is 262 g/mol. The number of aromatic nitrogens is 4. The molecule has 1 aliphatic heterocycles. The lowest BCUT2D eigenvalue weighted by Crippen LogP contribution is -2.28. The number of likely N-dealkylation sites (tertiary alicyclic amines) is 1. The summed E-state index contributed by atoms with van der Waals surface area (Å²) in [5.41, 5.74) is 2.98.